The van der Waals surface area contributed by atoms with Crippen molar-refractivity contribution in [3.05, 3.63) is 59.1 Å². The molecule has 0 saturated heterocycles. The number of nitrogens with one attached hydrogen (secondary N) is 3. The first-order valence-electron chi connectivity index (χ1n) is 10.8. The van der Waals surface area contributed by atoms with Crippen LogP contribution >= 0.6 is 21.8 Å². The third kappa shape index (κ3) is 10.4. The molecular formula is C23H25ClN4O7SSe. The molecule has 198 valence electrons. The van der Waals surface area contributed by atoms with Gasteiger partial charge >= 0.3 is 228 Å². The number of carbonyl (C=O) groups is 5. The second kappa shape index (κ2) is 15.2. The van der Waals surface area contributed by atoms with Gasteiger partial charge in [-0.3, -0.25) is 0 Å². The average Bonchev–Trinajstić information content (AvgIpc) is 2.86. The number of benzene rings is 2. The fourth-order valence-electron chi connectivity index (χ4n) is 2.79. The Hall–Kier alpha value is -3.09. The van der Waals surface area contributed by atoms with Gasteiger partial charge in [-0.15, -0.1) is 0 Å². The second-order valence-corrected chi connectivity index (χ2v) is 12.1. The minimum atomic E-state index is -1.25. The van der Waals surface area contributed by atoms with Crippen LogP contribution in [-0.2, 0) is 19.2 Å². The summed E-state index contributed by atoms with van der Waals surface area (Å²) in [5.41, 5.74) is 6.30. The van der Waals surface area contributed by atoms with Gasteiger partial charge in [-0.25, -0.2) is 0 Å². The SMILES string of the molecule is NC(CCC(=O)NC(CS[Se]c1ccccc1C(=O)Nc1ccccc1Cl)C(=O)NCC(=O)O)C(=O)O. The normalized spacial score (nSPS) is 12.2. The van der Waals surface area contributed by atoms with E-state index < -0.39 is 42.4 Å². The molecule has 0 heterocycles. The number of nitrogens with two attached hydrogens (primary N) is 1. The number of carbonyl (C=O) groups excluding carboxylic acids is 3. The van der Waals surface area contributed by atoms with E-state index >= 15 is 0 Å². The van der Waals surface area contributed by atoms with E-state index in [2.05, 4.69) is 16.0 Å². The first kappa shape index (κ1) is 30.1. The number of anilines is 1. The summed E-state index contributed by atoms with van der Waals surface area (Å²) < 4.78 is 0.730. The minimum absolute atomic E-state index is 0.0860. The summed E-state index contributed by atoms with van der Waals surface area (Å²) in [6, 6.07) is 11.4. The van der Waals surface area contributed by atoms with Crippen molar-refractivity contribution in [2.24, 2.45) is 5.73 Å². The number of halogens is 1. The summed E-state index contributed by atoms with van der Waals surface area (Å²) >= 11 is 5.76. The molecule has 3 amide bonds. The van der Waals surface area contributed by atoms with Crippen molar-refractivity contribution >= 4 is 75.4 Å². The van der Waals surface area contributed by atoms with Crippen LogP contribution in [0.15, 0.2) is 48.5 Å². The standard InChI is InChI=1S/C23H25ClN4O7SSe/c24-14-6-2-3-7-16(14)28-21(32)13-5-1-4-8-18(13)37-36-12-17(22(33)26-11-20(30)31)27-19(29)10-9-15(25)23(34)35/h1-8,15,17H,9-12,25H2,(H,26,33)(H,27,29)(H,28,32)(H,30,31)(H,34,35). The van der Waals surface area contributed by atoms with Gasteiger partial charge < -0.3 is 0 Å². The van der Waals surface area contributed by atoms with Crippen LogP contribution < -0.4 is 26.1 Å². The molecule has 0 bridgehead atoms. The van der Waals surface area contributed by atoms with Crippen molar-refractivity contribution < 1.29 is 34.2 Å². The molecule has 14 heteroatoms. The predicted octanol–water partition coefficient (Wildman–Crippen LogP) is 0.448. The summed E-state index contributed by atoms with van der Waals surface area (Å²) in [5, 5.41) is 25.6. The van der Waals surface area contributed by atoms with Crippen LogP contribution in [0.3, 0.4) is 0 Å². The van der Waals surface area contributed by atoms with Crippen molar-refractivity contribution in [2.45, 2.75) is 24.9 Å². The van der Waals surface area contributed by atoms with Gasteiger partial charge in [0.25, 0.3) is 0 Å². The van der Waals surface area contributed by atoms with Gasteiger partial charge in [0.1, 0.15) is 0 Å². The zero-order valence-electron chi connectivity index (χ0n) is 19.3. The number of para-hydroxylation sites is 1. The van der Waals surface area contributed by atoms with Gasteiger partial charge in [-0.2, -0.15) is 0 Å². The molecule has 11 nitrogen and oxygen atoms in total. The molecule has 0 spiro atoms. The number of aliphatic carboxylic acids is 2. The molecule has 2 aromatic carbocycles. The van der Waals surface area contributed by atoms with Crippen LogP contribution in [0.25, 0.3) is 0 Å². The van der Waals surface area contributed by atoms with Crippen LogP contribution in [0.4, 0.5) is 5.69 Å². The Kier molecular flexibility index (Phi) is 12.4. The summed E-state index contributed by atoms with van der Waals surface area (Å²) in [6.07, 6.45) is -0.354. The monoisotopic (exact) mass is 616 g/mol. The summed E-state index contributed by atoms with van der Waals surface area (Å²) in [5.74, 6) is -4.07. The van der Waals surface area contributed by atoms with Crippen molar-refractivity contribution in [1.29, 1.82) is 0 Å². The molecule has 0 aliphatic heterocycles. The number of rotatable bonds is 14. The molecule has 2 rings (SSSR count). The maximum absolute atomic E-state index is 12.9. The molecule has 7 N–H and O–H groups in total. The quantitative estimate of drug-likeness (QED) is 0.164. The molecule has 0 fully saturated rings. The van der Waals surface area contributed by atoms with E-state index in [1.165, 1.54) is 10.2 Å². The first-order valence-corrected chi connectivity index (χ1v) is 15.0. The molecule has 2 unspecified atom stereocenters. The Balaban J connectivity index is 2.04. The van der Waals surface area contributed by atoms with E-state index in [9.17, 15) is 24.0 Å². The Morgan fingerprint density at radius 2 is 1.70 bits per heavy atom. The number of hydrogen-bond donors (Lipinski definition) is 6. The van der Waals surface area contributed by atoms with Gasteiger partial charge in [-0.05, 0) is 0 Å². The van der Waals surface area contributed by atoms with E-state index in [-0.39, 0.29) is 38.3 Å². The van der Waals surface area contributed by atoms with E-state index in [1.54, 1.807) is 48.5 Å². The van der Waals surface area contributed by atoms with Gasteiger partial charge in [0.2, 0.25) is 0 Å². The van der Waals surface area contributed by atoms with Crippen molar-refractivity contribution in [2.75, 3.05) is 17.6 Å². The Labute approximate surface area is 227 Å². The average molecular weight is 616 g/mol. The Morgan fingerprint density at radius 1 is 1.03 bits per heavy atom. The van der Waals surface area contributed by atoms with Gasteiger partial charge in [0.05, 0.1) is 0 Å². The predicted molar refractivity (Wildman–Crippen MR) is 141 cm³/mol. The van der Waals surface area contributed by atoms with Crippen molar-refractivity contribution in [3.8, 4) is 0 Å². The van der Waals surface area contributed by atoms with Crippen LogP contribution in [0, 0.1) is 0 Å². The molecule has 37 heavy (non-hydrogen) atoms. The summed E-state index contributed by atoms with van der Waals surface area (Å²) in [7, 11) is 1.30. The summed E-state index contributed by atoms with van der Waals surface area (Å²) in [4.78, 5) is 59.3. The zero-order valence-corrected chi connectivity index (χ0v) is 22.6. The zero-order chi connectivity index (χ0) is 27.4. The van der Waals surface area contributed by atoms with Gasteiger partial charge in [-0.1, -0.05) is 0 Å². The molecule has 0 aromatic heterocycles. The Morgan fingerprint density at radius 3 is 2.38 bits per heavy atom. The maximum atomic E-state index is 12.9. The van der Waals surface area contributed by atoms with Crippen molar-refractivity contribution in [1.82, 2.24) is 10.6 Å². The number of hydrogen-bond acceptors (Lipinski definition) is 7. The summed E-state index contributed by atoms with van der Waals surface area (Å²) in [6.45, 7) is -0.629. The van der Waals surface area contributed by atoms with Crippen LogP contribution in [0.1, 0.15) is 23.2 Å². The first-order chi connectivity index (χ1) is 17.6. The second-order valence-electron chi connectivity index (χ2n) is 7.51. The Bertz CT molecular complexity index is 1150. The number of amides is 3. The molecule has 0 aliphatic rings. The van der Waals surface area contributed by atoms with Crippen LogP contribution in [-0.4, -0.2) is 78.1 Å². The van der Waals surface area contributed by atoms with Crippen LogP contribution in [0.5, 0.6) is 0 Å². The molecule has 0 saturated carbocycles. The van der Waals surface area contributed by atoms with Crippen molar-refractivity contribution in [3.63, 3.8) is 0 Å². The molecule has 2 atom stereocenters. The van der Waals surface area contributed by atoms with E-state index in [0.29, 0.717) is 16.3 Å². The molecular weight excluding hydrogens is 591 g/mol. The van der Waals surface area contributed by atoms with E-state index in [1.807, 2.05) is 0 Å². The van der Waals surface area contributed by atoms with Gasteiger partial charge in [0, 0.05) is 0 Å². The van der Waals surface area contributed by atoms with E-state index in [0.717, 1.165) is 4.46 Å². The number of carboxylic acids is 2. The fraction of sp³-hybridized carbons (Fsp3) is 0.261. The van der Waals surface area contributed by atoms with E-state index in [4.69, 9.17) is 27.5 Å². The molecule has 0 radical (unpaired) electrons. The third-order valence-electron chi connectivity index (χ3n) is 4.70. The molecule has 2 aromatic rings. The number of carboxylic acid groups (broad SMARTS) is 2. The van der Waals surface area contributed by atoms with Crippen LogP contribution in [0.2, 0.25) is 5.02 Å². The fourth-order valence-corrected chi connectivity index (χ4v) is 7.18. The molecule has 0 aliphatic carbocycles. The third-order valence-corrected chi connectivity index (χ3v) is 9.27. The van der Waals surface area contributed by atoms with Gasteiger partial charge in [0.15, 0.2) is 0 Å². The topological polar surface area (TPSA) is 188 Å².